The third kappa shape index (κ3) is 2.04. The van der Waals surface area contributed by atoms with Crippen LogP contribution in [0.2, 0.25) is 0 Å². The second kappa shape index (κ2) is 4.42. The van der Waals surface area contributed by atoms with Crippen LogP contribution in [-0.4, -0.2) is 11.8 Å². The zero-order valence-electron chi connectivity index (χ0n) is 10.7. The summed E-state index contributed by atoms with van der Waals surface area (Å²) in [6, 6.07) is 4.20. The predicted octanol–water partition coefficient (Wildman–Crippen LogP) is 3.88. The van der Waals surface area contributed by atoms with Crippen LogP contribution >= 0.6 is 11.3 Å². The van der Waals surface area contributed by atoms with Crippen molar-refractivity contribution in [3.05, 3.63) is 51.2 Å². The number of anilines is 1. The maximum atomic E-state index is 12.7. The first-order chi connectivity index (χ1) is 9.80. The SMILES string of the molecule is Cc1scc2c1C(=O)N(c1cccc(C(F)(F)F)c1)C2=O. The molecule has 3 rings (SSSR count). The van der Waals surface area contributed by atoms with Gasteiger partial charge < -0.3 is 0 Å². The molecule has 0 unspecified atom stereocenters. The summed E-state index contributed by atoms with van der Waals surface area (Å²) in [5, 5.41) is 1.55. The number of hydrogen-bond acceptors (Lipinski definition) is 3. The summed E-state index contributed by atoms with van der Waals surface area (Å²) in [4.78, 5) is 26.0. The number of benzene rings is 1. The molecule has 0 radical (unpaired) electrons. The lowest BCUT2D eigenvalue weighted by molar-refractivity contribution is -0.137. The van der Waals surface area contributed by atoms with Gasteiger partial charge in [0.05, 0.1) is 22.4 Å². The van der Waals surface area contributed by atoms with Crippen molar-refractivity contribution in [2.24, 2.45) is 0 Å². The predicted molar refractivity (Wildman–Crippen MR) is 71.6 cm³/mol. The summed E-state index contributed by atoms with van der Waals surface area (Å²) in [6.07, 6.45) is -4.53. The molecule has 21 heavy (non-hydrogen) atoms. The number of fused-ring (bicyclic) bond motifs is 1. The first-order valence-corrected chi connectivity index (χ1v) is 6.83. The van der Waals surface area contributed by atoms with Crippen molar-refractivity contribution in [3.63, 3.8) is 0 Å². The summed E-state index contributed by atoms with van der Waals surface area (Å²) in [7, 11) is 0. The van der Waals surface area contributed by atoms with Gasteiger partial charge >= 0.3 is 6.18 Å². The van der Waals surface area contributed by atoms with E-state index < -0.39 is 23.6 Å². The summed E-state index contributed by atoms with van der Waals surface area (Å²) < 4.78 is 38.2. The second-order valence-corrected chi connectivity index (χ2v) is 5.66. The van der Waals surface area contributed by atoms with Crippen LogP contribution in [0.15, 0.2) is 29.6 Å². The van der Waals surface area contributed by atoms with Crippen LogP contribution < -0.4 is 4.90 Å². The summed E-state index contributed by atoms with van der Waals surface area (Å²) in [5.74, 6) is -1.16. The quantitative estimate of drug-likeness (QED) is 0.750. The molecular formula is C14H8F3NO2S. The maximum absolute atomic E-state index is 12.7. The van der Waals surface area contributed by atoms with E-state index >= 15 is 0 Å². The van der Waals surface area contributed by atoms with E-state index in [0.717, 1.165) is 17.0 Å². The zero-order valence-corrected chi connectivity index (χ0v) is 11.5. The fourth-order valence-electron chi connectivity index (χ4n) is 2.26. The molecule has 0 saturated carbocycles. The molecule has 1 aliphatic rings. The van der Waals surface area contributed by atoms with Gasteiger partial charge in [0.2, 0.25) is 0 Å². The molecular weight excluding hydrogens is 303 g/mol. The molecule has 0 aliphatic carbocycles. The molecule has 0 fully saturated rings. The standard InChI is InChI=1S/C14H8F3NO2S/c1-7-11-10(6-21-7)12(19)18(13(11)20)9-4-2-3-8(5-9)14(15,16)17/h2-6H,1H3. The highest BCUT2D eigenvalue weighted by molar-refractivity contribution is 7.10. The van der Waals surface area contributed by atoms with Gasteiger partial charge in [-0.1, -0.05) is 6.07 Å². The third-order valence-corrected chi connectivity index (χ3v) is 4.17. The fraction of sp³-hybridized carbons (Fsp3) is 0.143. The number of alkyl halides is 3. The largest absolute Gasteiger partial charge is 0.416 e. The number of carbonyl (C=O) groups is 2. The normalized spacial score (nSPS) is 14.8. The molecule has 1 aliphatic heterocycles. The molecule has 7 heteroatoms. The van der Waals surface area contributed by atoms with Gasteiger partial charge in [0, 0.05) is 10.3 Å². The van der Waals surface area contributed by atoms with Crippen molar-refractivity contribution in [3.8, 4) is 0 Å². The maximum Gasteiger partial charge on any atom is 0.416 e. The monoisotopic (exact) mass is 311 g/mol. The third-order valence-electron chi connectivity index (χ3n) is 3.26. The van der Waals surface area contributed by atoms with E-state index in [1.807, 2.05) is 0 Å². The molecule has 3 nitrogen and oxygen atoms in total. The molecule has 1 aromatic heterocycles. The number of aryl methyl sites for hydroxylation is 1. The molecule has 2 aromatic rings. The smallest absolute Gasteiger partial charge is 0.268 e. The Bertz CT molecular complexity index is 764. The van der Waals surface area contributed by atoms with Crippen molar-refractivity contribution in [1.29, 1.82) is 0 Å². The number of thiophene rings is 1. The van der Waals surface area contributed by atoms with Gasteiger partial charge in [-0.15, -0.1) is 11.3 Å². The van der Waals surface area contributed by atoms with E-state index in [0.29, 0.717) is 4.88 Å². The van der Waals surface area contributed by atoms with Crippen molar-refractivity contribution in [1.82, 2.24) is 0 Å². The van der Waals surface area contributed by atoms with Gasteiger partial charge in [0.25, 0.3) is 11.8 Å². The van der Waals surface area contributed by atoms with Crippen molar-refractivity contribution >= 4 is 28.8 Å². The number of carbonyl (C=O) groups excluding carboxylic acids is 2. The van der Waals surface area contributed by atoms with Crippen LogP contribution in [-0.2, 0) is 6.18 Å². The number of amides is 2. The molecule has 2 heterocycles. The van der Waals surface area contributed by atoms with E-state index in [2.05, 4.69) is 0 Å². The van der Waals surface area contributed by atoms with Gasteiger partial charge in [-0.05, 0) is 25.1 Å². The summed E-state index contributed by atoms with van der Waals surface area (Å²) in [5.41, 5.74) is -0.436. The lowest BCUT2D eigenvalue weighted by Gasteiger charge is -2.16. The van der Waals surface area contributed by atoms with Crippen LogP contribution in [0.3, 0.4) is 0 Å². The molecule has 108 valence electrons. The second-order valence-electron chi connectivity index (χ2n) is 4.57. The molecule has 0 saturated heterocycles. The van der Waals surface area contributed by atoms with Crippen molar-refractivity contribution in [2.75, 3.05) is 4.90 Å². The minimum Gasteiger partial charge on any atom is -0.268 e. The van der Waals surface area contributed by atoms with Crippen LogP contribution in [0.4, 0.5) is 18.9 Å². The molecule has 0 spiro atoms. The highest BCUT2D eigenvalue weighted by Gasteiger charge is 2.40. The average molecular weight is 311 g/mol. The Hall–Kier alpha value is -2.15. The fourth-order valence-corrected chi connectivity index (χ4v) is 3.09. The topological polar surface area (TPSA) is 37.4 Å². The Morgan fingerprint density at radius 2 is 1.86 bits per heavy atom. The van der Waals surface area contributed by atoms with E-state index in [1.165, 1.54) is 23.5 Å². The average Bonchev–Trinajstić information content (AvgIpc) is 2.90. The Morgan fingerprint density at radius 1 is 1.14 bits per heavy atom. The van der Waals surface area contributed by atoms with Crippen LogP contribution in [0.25, 0.3) is 0 Å². The Labute approximate surface area is 121 Å². The molecule has 2 amide bonds. The Kier molecular flexibility index (Phi) is 2.91. The van der Waals surface area contributed by atoms with Crippen LogP contribution in [0, 0.1) is 6.92 Å². The highest BCUT2D eigenvalue weighted by Crippen LogP contribution is 2.36. The number of halogens is 3. The van der Waals surface area contributed by atoms with E-state index in [1.54, 1.807) is 12.3 Å². The first kappa shape index (κ1) is 13.8. The molecule has 0 atom stereocenters. The Balaban J connectivity index is 2.07. The number of hydrogen-bond donors (Lipinski definition) is 0. The van der Waals surface area contributed by atoms with Crippen molar-refractivity contribution in [2.45, 2.75) is 13.1 Å². The minimum absolute atomic E-state index is 0.0691. The highest BCUT2D eigenvalue weighted by atomic mass is 32.1. The lowest BCUT2D eigenvalue weighted by atomic mass is 10.2. The number of rotatable bonds is 1. The lowest BCUT2D eigenvalue weighted by Crippen LogP contribution is -2.30. The Morgan fingerprint density at radius 3 is 2.48 bits per heavy atom. The van der Waals surface area contributed by atoms with E-state index in [9.17, 15) is 22.8 Å². The zero-order chi connectivity index (χ0) is 15.4. The molecule has 0 bridgehead atoms. The van der Waals surface area contributed by atoms with Crippen molar-refractivity contribution < 1.29 is 22.8 Å². The van der Waals surface area contributed by atoms with Gasteiger partial charge in [0.15, 0.2) is 0 Å². The minimum atomic E-state index is -4.53. The van der Waals surface area contributed by atoms with E-state index in [4.69, 9.17) is 0 Å². The first-order valence-electron chi connectivity index (χ1n) is 5.95. The van der Waals surface area contributed by atoms with Gasteiger partial charge in [0.1, 0.15) is 0 Å². The molecule has 0 N–H and O–H groups in total. The van der Waals surface area contributed by atoms with Gasteiger partial charge in [-0.3, -0.25) is 9.59 Å². The van der Waals surface area contributed by atoms with Gasteiger partial charge in [-0.25, -0.2) is 4.90 Å². The summed E-state index contributed by atoms with van der Waals surface area (Å²) in [6.45, 7) is 1.70. The molecule has 1 aromatic carbocycles. The summed E-state index contributed by atoms with van der Waals surface area (Å²) >= 11 is 1.27. The number of imide groups is 1. The van der Waals surface area contributed by atoms with E-state index in [-0.39, 0.29) is 16.8 Å². The van der Waals surface area contributed by atoms with Crippen LogP contribution in [0.5, 0.6) is 0 Å². The van der Waals surface area contributed by atoms with Crippen LogP contribution in [0.1, 0.15) is 31.2 Å². The number of nitrogens with zero attached hydrogens (tertiary/aromatic N) is 1. The van der Waals surface area contributed by atoms with Gasteiger partial charge in [-0.2, -0.15) is 13.2 Å².